The smallest absolute Gasteiger partial charge is 0.156 e. The summed E-state index contributed by atoms with van der Waals surface area (Å²) in [4.78, 5) is 0. The molecule has 0 radical (unpaired) electrons. The third kappa shape index (κ3) is 1.28. The quantitative estimate of drug-likeness (QED) is 0.512. The van der Waals surface area contributed by atoms with E-state index in [9.17, 15) is 0 Å². The molecule has 1 aliphatic rings. The summed E-state index contributed by atoms with van der Waals surface area (Å²) < 4.78 is 0. The largest absolute Gasteiger partial charge is 0.207 e. The Hall–Kier alpha value is -0.793. The molecular weight excluding hydrogens is 196 g/mol. The molecule has 0 nitrogen and oxygen atoms in total. The maximum atomic E-state index is 6.40. The Kier molecular flexibility index (Phi) is 1.93. The lowest BCUT2D eigenvalue weighted by Gasteiger charge is -2.27. The van der Waals surface area contributed by atoms with E-state index in [1.165, 1.54) is 16.3 Å². The van der Waals surface area contributed by atoms with Crippen LogP contribution in [-0.2, 0) is 0 Å². The Labute approximate surface area is 84.3 Å². The fourth-order valence-corrected chi connectivity index (χ4v) is 3.42. The van der Waals surface area contributed by atoms with Gasteiger partial charge in [0.2, 0.25) is 7.38 Å². The van der Waals surface area contributed by atoms with E-state index in [-0.39, 0.29) is 0 Å². The molecule has 13 heavy (non-hydrogen) atoms. The molecule has 1 aliphatic carbocycles. The van der Waals surface area contributed by atoms with E-state index in [0.717, 1.165) is 0 Å². The van der Waals surface area contributed by atoms with Crippen molar-refractivity contribution in [3.8, 4) is 0 Å². The van der Waals surface area contributed by atoms with Gasteiger partial charge in [0.25, 0.3) is 0 Å². The van der Waals surface area contributed by atoms with Crippen LogP contribution in [0.15, 0.2) is 36.5 Å². The van der Waals surface area contributed by atoms with Gasteiger partial charge in [-0.25, -0.2) is 0 Å². The minimum atomic E-state index is -1.85. The minimum Gasteiger partial charge on any atom is -0.156 e. The first-order valence-electron chi connectivity index (χ1n) is 4.29. The van der Waals surface area contributed by atoms with Crippen LogP contribution in [0.1, 0.15) is 11.1 Å². The van der Waals surface area contributed by atoms with Gasteiger partial charge in [0, 0.05) is 0 Å². The van der Waals surface area contributed by atoms with Crippen molar-refractivity contribution in [2.75, 3.05) is 0 Å². The Morgan fingerprint density at radius 1 is 1.38 bits per heavy atom. The van der Waals surface area contributed by atoms with Crippen molar-refractivity contribution in [3.63, 3.8) is 0 Å². The number of hydrogen-bond acceptors (Lipinski definition) is 0. The van der Waals surface area contributed by atoms with Crippen LogP contribution in [0.5, 0.6) is 0 Å². The maximum Gasteiger partial charge on any atom is 0.207 e. The minimum absolute atomic E-state index is 1.30. The van der Waals surface area contributed by atoms with Gasteiger partial charge in [0.15, 0.2) is 0 Å². The van der Waals surface area contributed by atoms with Gasteiger partial charge in [0.05, 0.1) is 0 Å². The summed E-state index contributed by atoms with van der Waals surface area (Å²) in [6.45, 7) is 5.90. The lowest BCUT2D eigenvalue weighted by molar-refractivity contribution is 1.55. The topological polar surface area (TPSA) is 0 Å². The summed E-state index contributed by atoms with van der Waals surface area (Å²) in [6.07, 6.45) is 2.18. The Bertz CT molecular complexity index is 391. The standard InChI is InChI=1S/C11H11ClSi/c1-3-13(2,12)11-8-9-6-4-5-7-10(9)11/h3-8H,1H2,2H3. The molecule has 0 aliphatic heterocycles. The summed E-state index contributed by atoms with van der Waals surface area (Å²) >= 11 is 6.40. The number of halogens is 1. The zero-order chi connectivity index (χ0) is 9.47. The predicted octanol–water partition coefficient (Wildman–Crippen LogP) is 3.62. The van der Waals surface area contributed by atoms with Gasteiger partial charge in [-0.05, 0) is 22.9 Å². The van der Waals surface area contributed by atoms with Gasteiger partial charge < -0.3 is 0 Å². The third-order valence-electron chi connectivity index (χ3n) is 2.46. The summed E-state index contributed by atoms with van der Waals surface area (Å²) in [5, 5.41) is 1.31. The molecule has 0 saturated heterocycles. The van der Waals surface area contributed by atoms with Crippen molar-refractivity contribution in [2.24, 2.45) is 0 Å². The molecule has 0 saturated carbocycles. The molecule has 1 unspecified atom stereocenters. The van der Waals surface area contributed by atoms with Gasteiger partial charge in [-0.2, -0.15) is 11.1 Å². The first-order valence-corrected chi connectivity index (χ1v) is 7.88. The van der Waals surface area contributed by atoms with Gasteiger partial charge in [-0.3, -0.25) is 0 Å². The molecule has 1 aromatic carbocycles. The predicted molar refractivity (Wildman–Crippen MR) is 62.0 cm³/mol. The third-order valence-corrected chi connectivity index (χ3v) is 5.77. The van der Waals surface area contributed by atoms with Gasteiger partial charge in [-0.1, -0.05) is 36.0 Å². The second kappa shape index (κ2) is 2.86. The number of fused-ring (bicyclic) bond motifs is 1. The van der Waals surface area contributed by atoms with Crippen molar-refractivity contribution in [3.05, 3.63) is 47.7 Å². The fourth-order valence-electron chi connectivity index (χ4n) is 1.54. The average molecular weight is 207 g/mol. The van der Waals surface area contributed by atoms with Gasteiger partial charge >= 0.3 is 0 Å². The first-order chi connectivity index (χ1) is 6.15. The van der Waals surface area contributed by atoms with Crippen LogP contribution in [0.25, 0.3) is 11.3 Å². The summed E-state index contributed by atoms with van der Waals surface area (Å²) in [5.41, 5.74) is 4.53. The van der Waals surface area contributed by atoms with Crippen molar-refractivity contribution in [2.45, 2.75) is 6.55 Å². The zero-order valence-electron chi connectivity index (χ0n) is 7.55. The first kappa shape index (κ1) is 8.79. The highest BCUT2D eigenvalue weighted by Crippen LogP contribution is 2.40. The van der Waals surface area contributed by atoms with E-state index in [4.69, 9.17) is 11.1 Å². The number of rotatable bonds is 2. The van der Waals surface area contributed by atoms with Crippen molar-refractivity contribution < 1.29 is 0 Å². The van der Waals surface area contributed by atoms with E-state index in [1.807, 2.05) is 11.8 Å². The molecule has 1 atom stereocenters. The van der Waals surface area contributed by atoms with Crippen molar-refractivity contribution >= 4 is 29.7 Å². The number of benzene rings is 1. The van der Waals surface area contributed by atoms with Crippen LogP contribution >= 0.6 is 11.1 Å². The molecule has 66 valence electrons. The molecule has 0 spiro atoms. The second-order valence-corrected chi connectivity index (χ2v) is 8.88. The Balaban J connectivity index is 2.40. The molecule has 0 fully saturated rings. The van der Waals surface area contributed by atoms with Crippen LogP contribution in [0.4, 0.5) is 0 Å². The molecular formula is C11H11ClSi. The van der Waals surface area contributed by atoms with Crippen LogP contribution in [0.3, 0.4) is 0 Å². The van der Waals surface area contributed by atoms with Crippen LogP contribution < -0.4 is 0 Å². The summed E-state index contributed by atoms with van der Waals surface area (Å²) in [6, 6.07) is 8.34. The van der Waals surface area contributed by atoms with Crippen LogP contribution in [0.2, 0.25) is 6.55 Å². The summed E-state index contributed by atoms with van der Waals surface area (Å²) in [5.74, 6) is 0. The molecule has 0 aromatic heterocycles. The van der Waals surface area contributed by atoms with Crippen molar-refractivity contribution in [1.29, 1.82) is 0 Å². The molecule has 0 bridgehead atoms. The average Bonchev–Trinajstić information content (AvgIpc) is 2.07. The van der Waals surface area contributed by atoms with E-state index in [0.29, 0.717) is 0 Å². The molecule has 2 heteroatoms. The second-order valence-electron chi connectivity index (χ2n) is 3.42. The number of hydrogen-bond donors (Lipinski definition) is 0. The monoisotopic (exact) mass is 206 g/mol. The SMILES string of the molecule is C=C[Si](C)(Cl)C1=Cc2ccccc21. The van der Waals surface area contributed by atoms with E-state index < -0.39 is 7.38 Å². The Morgan fingerprint density at radius 2 is 2.08 bits per heavy atom. The highest BCUT2D eigenvalue weighted by atomic mass is 35.6. The molecule has 0 N–H and O–H groups in total. The van der Waals surface area contributed by atoms with E-state index in [1.54, 1.807) is 0 Å². The van der Waals surface area contributed by atoms with Gasteiger partial charge in [-0.15, -0.1) is 6.58 Å². The normalized spacial score (nSPS) is 17.8. The highest BCUT2D eigenvalue weighted by molar-refractivity contribution is 7.32. The summed E-state index contributed by atoms with van der Waals surface area (Å²) in [7, 11) is -1.85. The fraction of sp³-hybridized carbons (Fsp3) is 0.0909. The van der Waals surface area contributed by atoms with E-state index >= 15 is 0 Å². The molecule has 0 heterocycles. The van der Waals surface area contributed by atoms with Crippen LogP contribution in [0, 0.1) is 0 Å². The molecule has 1 aromatic rings. The molecule has 2 rings (SSSR count). The highest BCUT2D eigenvalue weighted by Gasteiger charge is 2.32. The van der Waals surface area contributed by atoms with Gasteiger partial charge in [0.1, 0.15) is 0 Å². The van der Waals surface area contributed by atoms with Crippen molar-refractivity contribution in [1.82, 2.24) is 0 Å². The lowest BCUT2D eigenvalue weighted by Crippen LogP contribution is -2.25. The van der Waals surface area contributed by atoms with E-state index in [2.05, 4.69) is 37.4 Å². The Morgan fingerprint density at radius 3 is 2.69 bits per heavy atom. The maximum absolute atomic E-state index is 6.40. The molecule has 0 amide bonds. The lowest BCUT2D eigenvalue weighted by atomic mass is 9.98. The van der Waals surface area contributed by atoms with Crippen LogP contribution in [-0.4, -0.2) is 7.38 Å². The zero-order valence-corrected chi connectivity index (χ0v) is 9.31.